The number of anilines is 2. The lowest BCUT2D eigenvalue weighted by Gasteiger charge is -2.21. The summed E-state index contributed by atoms with van der Waals surface area (Å²) in [7, 11) is 3.43. The van der Waals surface area contributed by atoms with Gasteiger partial charge in [-0.25, -0.2) is 9.97 Å². The fourth-order valence-electron chi connectivity index (χ4n) is 1.96. The molecule has 0 bridgehead atoms. The molecule has 0 spiro atoms. The first-order valence-corrected chi connectivity index (χ1v) is 6.29. The Balaban J connectivity index is 2.21. The van der Waals surface area contributed by atoms with Crippen molar-refractivity contribution in [3.05, 3.63) is 11.9 Å². The molecule has 0 saturated carbocycles. The van der Waals surface area contributed by atoms with Crippen LogP contribution in [0.15, 0.2) is 6.07 Å². The van der Waals surface area contributed by atoms with Gasteiger partial charge in [-0.2, -0.15) is 0 Å². The van der Waals surface area contributed by atoms with Crippen LogP contribution in [0.25, 0.3) is 0 Å². The second-order valence-corrected chi connectivity index (χ2v) is 4.30. The minimum atomic E-state index is 0.0857. The molecule has 0 aliphatic carbocycles. The van der Waals surface area contributed by atoms with Gasteiger partial charge in [0.05, 0.1) is 0 Å². The molecule has 1 aromatic heterocycles. The van der Waals surface area contributed by atoms with Crippen LogP contribution in [0.1, 0.15) is 12.2 Å². The highest BCUT2D eigenvalue weighted by molar-refractivity contribution is 5.77. The minimum absolute atomic E-state index is 0.0857. The van der Waals surface area contributed by atoms with Crippen molar-refractivity contribution in [3.8, 4) is 0 Å². The van der Waals surface area contributed by atoms with E-state index >= 15 is 0 Å². The van der Waals surface area contributed by atoms with Gasteiger partial charge in [0.25, 0.3) is 0 Å². The molecule has 0 unspecified atom stereocenters. The number of nitrogens with zero attached hydrogens (tertiary/aromatic N) is 3. The number of rotatable bonds is 4. The number of amides is 1. The molecule has 1 aliphatic heterocycles. The Hall–Kier alpha value is -1.89. The molecule has 0 radical (unpaired) electrons. The van der Waals surface area contributed by atoms with E-state index in [9.17, 15) is 4.79 Å². The van der Waals surface area contributed by atoms with Gasteiger partial charge in [0, 0.05) is 46.3 Å². The van der Waals surface area contributed by atoms with Gasteiger partial charge in [-0.3, -0.25) is 4.79 Å². The molecule has 2 heterocycles. The zero-order chi connectivity index (χ0) is 13.7. The molecule has 104 valence electrons. The smallest absolute Gasteiger partial charge is 0.221 e. The van der Waals surface area contributed by atoms with Crippen LogP contribution in [0.3, 0.4) is 0 Å². The van der Waals surface area contributed by atoms with E-state index in [0.717, 1.165) is 18.2 Å². The standard InChI is InChI=1S/C12H19N5O2/c1-13-9-7-11(16-10(15-9)8-19-2)17-5-3-12(18)14-4-6-17/h7H,3-6,8H2,1-2H3,(H,14,18)(H,13,15,16). The van der Waals surface area contributed by atoms with Crippen LogP contribution >= 0.6 is 0 Å². The average molecular weight is 265 g/mol. The number of methoxy groups -OCH3 is 1. The van der Waals surface area contributed by atoms with Crippen LogP contribution in [-0.4, -0.2) is 49.7 Å². The second-order valence-electron chi connectivity index (χ2n) is 4.30. The van der Waals surface area contributed by atoms with Gasteiger partial charge in [-0.05, 0) is 0 Å². The van der Waals surface area contributed by atoms with Crippen molar-refractivity contribution in [1.29, 1.82) is 0 Å². The van der Waals surface area contributed by atoms with Crippen molar-refractivity contribution >= 4 is 17.5 Å². The molecule has 1 aliphatic rings. The maximum atomic E-state index is 11.3. The minimum Gasteiger partial charge on any atom is -0.377 e. The lowest BCUT2D eigenvalue weighted by Crippen LogP contribution is -2.29. The van der Waals surface area contributed by atoms with E-state index < -0.39 is 0 Å². The highest BCUT2D eigenvalue weighted by Crippen LogP contribution is 2.17. The number of hydrogen-bond donors (Lipinski definition) is 2. The van der Waals surface area contributed by atoms with Gasteiger partial charge in [0.15, 0.2) is 5.82 Å². The van der Waals surface area contributed by atoms with Crippen LogP contribution in [-0.2, 0) is 16.1 Å². The first-order valence-electron chi connectivity index (χ1n) is 6.29. The number of carbonyl (C=O) groups excluding carboxylic acids is 1. The van der Waals surface area contributed by atoms with Crippen molar-refractivity contribution < 1.29 is 9.53 Å². The summed E-state index contributed by atoms with van der Waals surface area (Å²) in [5, 5.41) is 5.86. The van der Waals surface area contributed by atoms with Crippen LogP contribution < -0.4 is 15.5 Å². The zero-order valence-corrected chi connectivity index (χ0v) is 11.3. The van der Waals surface area contributed by atoms with Gasteiger partial charge in [0.1, 0.15) is 18.2 Å². The number of aromatic nitrogens is 2. The van der Waals surface area contributed by atoms with Gasteiger partial charge in [-0.15, -0.1) is 0 Å². The Kier molecular flexibility index (Phi) is 4.51. The molecule has 1 aromatic rings. The monoisotopic (exact) mass is 265 g/mol. The maximum Gasteiger partial charge on any atom is 0.221 e. The molecule has 1 saturated heterocycles. The Morgan fingerprint density at radius 1 is 1.47 bits per heavy atom. The third kappa shape index (κ3) is 3.54. The number of ether oxygens (including phenoxy) is 1. The van der Waals surface area contributed by atoms with Gasteiger partial charge < -0.3 is 20.3 Å². The van der Waals surface area contributed by atoms with Crippen molar-refractivity contribution in [2.24, 2.45) is 0 Å². The van der Waals surface area contributed by atoms with E-state index in [4.69, 9.17) is 4.74 Å². The number of hydrogen-bond acceptors (Lipinski definition) is 6. The summed E-state index contributed by atoms with van der Waals surface area (Å²) >= 11 is 0. The first kappa shape index (κ1) is 13.5. The van der Waals surface area contributed by atoms with Crippen LogP contribution in [0.2, 0.25) is 0 Å². The molecule has 0 aromatic carbocycles. The van der Waals surface area contributed by atoms with E-state index in [1.807, 2.05) is 13.1 Å². The third-order valence-corrected chi connectivity index (χ3v) is 2.93. The summed E-state index contributed by atoms with van der Waals surface area (Å²) in [6.45, 7) is 2.42. The van der Waals surface area contributed by atoms with Crippen LogP contribution in [0, 0.1) is 0 Å². The fourth-order valence-corrected chi connectivity index (χ4v) is 1.96. The fraction of sp³-hybridized carbons (Fsp3) is 0.583. The summed E-state index contributed by atoms with van der Waals surface area (Å²) in [6, 6.07) is 1.88. The number of carbonyl (C=O) groups is 1. The molecule has 7 heteroatoms. The summed E-state index contributed by atoms with van der Waals surface area (Å²) in [5.41, 5.74) is 0. The lowest BCUT2D eigenvalue weighted by molar-refractivity contribution is -0.120. The SMILES string of the molecule is CNc1cc(N2CCNC(=O)CC2)nc(COC)n1. The predicted octanol–water partition coefficient (Wildman–Crippen LogP) is -0.00900. The summed E-state index contributed by atoms with van der Waals surface area (Å²) in [6.07, 6.45) is 0.485. The molecular weight excluding hydrogens is 246 g/mol. The van der Waals surface area contributed by atoms with E-state index in [2.05, 4.69) is 25.5 Å². The lowest BCUT2D eigenvalue weighted by atomic mass is 10.3. The number of nitrogens with one attached hydrogen (secondary N) is 2. The van der Waals surface area contributed by atoms with E-state index in [0.29, 0.717) is 31.9 Å². The average Bonchev–Trinajstić information content (AvgIpc) is 2.63. The van der Waals surface area contributed by atoms with Gasteiger partial charge >= 0.3 is 0 Å². The molecule has 2 rings (SSSR count). The van der Waals surface area contributed by atoms with Crippen LogP contribution in [0.4, 0.5) is 11.6 Å². The van der Waals surface area contributed by atoms with Crippen molar-refractivity contribution in [2.45, 2.75) is 13.0 Å². The molecule has 2 N–H and O–H groups in total. The third-order valence-electron chi connectivity index (χ3n) is 2.93. The predicted molar refractivity (Wildman–Crippen MR) is 72.1 cm³/mol. The first-order chi connectivity index (χ1) is 9.22. The molecule has 19 heavy (non-hydrogen) atoms. The van der Waals surface area contributed by atoms with Gasteiger partial charge in [-0.1, -0.05) is 0 Å². The Morgan fingerprint density at radius 2 is 2.32 bits per heavy atom. The van der Waals surface area contributed by atoms with Crippen molar-refractivity contribution in [1.82, 2.24) is 15.3 Å². The highest BCUT2D eigenvalue weighted by Gasteiger charge is 2.16. The van der Waals surface area contributed by atoms with Crippen LogP contribution in [0.5, 0.6) is 0 Å². The van der Waals surface area contributed by atoms with E-state index in [1.165, 1.54) is 0 Å². The van der Waals surface area contributed by atoms with E-state index in [-0.39, 0.29) is 5.91 Å². The Labute approximate surface area is 112 Å². The maximum absolute atomic E-state index is 11.3. The molecule has 1 amide bonds. The topological polar surface area (TPSA) is 79.4 Å². The van der Waals surface area contributed by atoms with Gasteiger partial charge in [0.2, 0.25) is 5.91 Å². The zero-order valence-electron chi connectivity index (χ0n) is 11.3. The van der Waals surface area contributed by atoms with Crippen molar-refractivity contribution in [3.63, 3.8) is 0 Å². The normalized spacial score (nSPS) is 15.9. The molecule has 7 nitrogen and oxygen atoms in total. The second kappa shape index (κ2) is 6.33. The highest BCUT2D eigenvalue weighted by atomic mass is 16.5. The Bertz CT molecular complexity index is 452. The largest absolute Gasteiger partial charge is 0.377 e. The summed E-state index contributed by atoms with van der Waals surface area (Å²) in [4.78, 5) is 22.2. The Morgan fingerprint density at radius 3 is 3.05 bits per heavy atom. The van der Waals surface area contributed by atoms with E-state index in [1.54, 1.807) is 7.11 Å². The molecule has 0 atom stereocenters. The summed E-state index contributed by atoms with van der Waals surface area (Å²) in [5.74, 6) is 2.29. The molecular formula is C12H19N5O2. The summed E-state index contributed by atoms with van der Waals surface area (Å²) < 4.78 is 5.07. The quantitative estimate of drug-likeness (QED) is 0.797. The molecule has 1 fully saturated rings. The van der Waals surface area contributed by atoms with Crippen molar-refractivity contribution in [2.75, 3.05) is 44.0 Å².